The van der Waals surface area contributed by atoms with Gasteiger partial charge in [0.1, 0.15) is 5.82 Å². The third kappa shape index (κ3) is 4.18. The van der Waals surface area contributed by atoms with Crippen LogP contribution >= 0.6 is 0 Å². The first-order chi connectivity index (χ1) is 12.5. The minimum absolute atomic E-state index is 0.144. The summed E-state index contributed by atoms with van der Waals surface area (Å²) in [7, 11) is 0. The lowest BCUT2D eigenvalue weighted by atomic mass is 10.2. The molecule has 0 atom stereocenters. The fourth-order valence-corrected chi connectivity index (χ4v) is 2.32. The molecule has 3 rings (SSSR count). The van der Waals surface area contributed by atoms with Crippen LogP contribution in [-0.2, 0) is 0 Å². The maximum absolute atomic E-state index is 12.3. The maximum Gasteiger partial charge on any atom is 0.270 e. The summed E-state index contributed by atoms with van der Waals surface area (Å²) >= 11 is 0. The summed E-state index contributed by atoms with van der Waals surface area (Å²) in [6.45, 7) is 1.89. The summed E-state index contributed by atoms with van der Waals surface area (Å²) in [6.07, 6.45) is 3.25. The number of benzene rings is 1. The van der Waals surface area contributed by atoms with E-state index in [4.69, 9.17) is 0 Å². The number of aromatic nitrogens is 2. The van der Waals surface area contributed by atoms with Crippen molar-refractivity contribution in [3.8, 4) is 0 Å². The first kappa shape index (κ1) is 17.0. The van der Waals surface area contributed by atoms with Gasteiger partial charge >= 0.3 is 0 Å². The molecule has 3 aromatic rings. The number of non-ortho nitro benzene ring substituents is 1. The minimum Gasteiger partial charge on any atom is -0.355 e. The van der Waals surface area contributed by atoms with Crippen molar-refractivity contribution in [3.05, 3.63) is 82.3 Å². The molecule has 0 bridgehead atoms. The number of nitrogens with one attached hydrogen (secondary N) is 2. The average Bonchev–Trinajstić information content (AvgIpc) is 2.62. The highest BCUT2D eigenvalue weighted by Crippen LogP contribution is 2.20. The zero-order chi connectivity index (χ0) is 18.5. The van der Waals surface area contributed by atoms with Crippen molar-refractivity contribution < 1.29 is 9.72 Å². The van der Waals surface area contributed by atoms with Crippen molar-refractivity contribution in [2.45, 2.75) is 6.92 Å². The summed E-state index contributed by atoms with van der Waals surface area (Å²) < 4.78 is 0. The number of carbonyl (C=O) groups is 1. The van der Waals surface area contributed by atoms with E-state index in [2.05, 4.69) is 20.6 Å². The van der Waals surface area contributed by atoms with Gasteiger partial charge in [-0.1, -0.05) is 6.07 Å². The number of amides is 1. The molecule has 2 heterocycles. The Balaban J connectivity index is 1.75. The molecule has 0 aliphatic carbocycles. The van der Waals surface area contributed by atoms with Gasteiger partial charge in [-0.3, -0.25) is 19.9 Å². The summed E-state index contributed by atoms with van der Waals surface area (Å²) in [5.74, 6) is -0.143. The highest BCUT2D eigenvalue weighted by molar-refractivity contribution is 6.04. The monoisotopic (exact) mass is 349 g/mol. The SMILES string of the molecule is Cc1cc(Nc2ccnc(NC(=O)c3cccc([N+](=O)[O-])c3)c2)ccn1. The van der Waals surface area contributed by atoms with Gasteiger partial charge in [0.2, 0.25) is 0 Å². The van der Waals surface area contributed by atoms with Crippen molar-refractivity contribution in [1.82, 2.24) is 9.97 Å². The molecule has 8 nitrogen and oxygen atoms in total. The molecule has 26 heavy (non-hydrogen) atoms. The first-order valence-electron chi connectivity index (χ1n) is 7.73. The number of hydrogen-bond donors (Lipinski definition) is 2. The van der Waals surface area contributed by atoms with Crippen molar-refractivity contribution in [2.24, 2.45) is 0 Å². The van der Waals surface area contributed by atoms with Gasteiger partial charge < -0.3 is 10.6 Å². The smallest absolute Gasteiger partial charge is 0.270 e. The zero-order valence-corrected chi connectivity index (χ0v) is 13.8. The Hall–Kier alpha value is -3.81. The fraction of sp³-hybridized carbons (Fsp3) is 0.0556. The van der Waals surface area contributed by atoms with E-state index in [0.717, 1.165) is 17.1 Å². The summed E-state index contributed by atoms with van der Waals surface area (Å²) in [5.41, 5.74) is 2.51. The Kier molecular flexibility index (Phi) is 4.84. The maximum atomic E-state index is 12.3. The van der Waals surface area contributed by atoms with Crippen LogP contribution in [0.3, 0.4) is 0 Å². The average molecular weight is 349 g/mol. The summed E-state index contributed by atoms with van der Waals surface area (Å²) in [6, 6.07) is 12.7. The molecule has 0 unspecified atom stereocenters. The molecule has 0 spiro atoms. The predicted octanol–water partition coefficient (Wildman–Crippen LogP) is 3.69. The number of nitro groups is 1. The van der Waals surface area contributed by atoms with E-state index < -0.39 is 10.8 Å². The largest absolute Gasteiger partial charge is 0.355 e. The number of nitro benzene ring substituents is 1. The highest BCUT2D eigenvalue weighted by atomic mass is 16.6. The molecular formula is C18H15N5O3. The number of nitrogens with zero attached hydrogens (tertiary/aromatic N) is 3. The van der Waals surface area contributed by atoms with Crippen LogP contribution in [0.4, 0.5) is 22.9 Å². The molecule has 2 aromatic heterocycles. The summed E-state index contributed by atoms with van der Waals surface area (Å²) in [4.78, 5) is 30.8. The number of aryl methyl sites for hydroxylation is 1. The molecule has 0 fully saturated rings. The third-order valence-corrected chi connectivity index (χ3v) is 3.51. The fourth-order valence-electron chi connectivity index (χ4n) is 2.32. The number of rotatable bonds is 5. The predicted molar refractivity (Wildman–Crippen MR) is 97.5 cm³/mol. The first-order valence-corrected chi connectivity index (χ1v) is 7.73. The Bertz CT molecular complexity index is 974. The lowest BCUT2D eigenvalue weighted by molar-refractivity contribution is -0.384. The van der Waals surface area contributed by atoms with Crippen LogP contribution < -0.4 is 10.6 Å². The minimum atomic E-state index is -0.545. The lowest BCUT2D eigenvalue weighted by Gasteiger charge is -2.09. The van der Waals surface area contributed by atoms with Crippen LogP contribution in [0, 0.1) is 17.0 Å². The van der Waals surface area contributed by atoms with Gasteiger partial charge in [0.25, 0.3) is 11.6 Å². The van der Waals surface area contributed by atoms with Crippen LogP contribution in [0.15, 0.2) is 60.9 Å². The standard InChI is InChI=1S/C18H15N5O3/c1-12-9-14(5-7-19-12)21-15-6-8-20-17(11-15)22-18(24)13-3-2-4-16(10-13)23(25)26/h2-11H,1H3,(H2,19,20,21,22,24). The van der Waals surface area contributed by atoms with Gasteiger partial charge in [-0.2, -0.15) is 0 Å². The molecule has 1 amide bonds. The lowest BCUT2D eigenvalue weighted by Crippen LogP contribution is -2.13. The van der Waals surface area contributed by atoms with E-state index in [9.17, 15) is 14.9 Å². The van der Waals surface area contributed by atoms with Gasteiger partial charge in [0, 0.05) is 53.2 Å². The van der Waals surface area contributed by atoms with Crippen molar-refractivity contribution >= 4 is 28.8 Å². The second-order valence-electron chi connectivity index (χ2n) is 5.50. The Morgan fingerprint density at radius 3 is 2.50 bits per heavy atom. The number of pyridine rings is 2. The topological polar surface area (TPSA) is 110 Å². The molecule has 1 aromatic carbocycles. The van der Waals surface area contributed by atoms with E-state index in [-0.39, 0.29) is 11.3 Å². The van der Waals surface area contributed by atoms with Crippen molar-refractivity contribution in [1.29, 1.82) is 0 Å². The van der Waals surface area contributed by atoms with Crippen molar-refractivity contribution in [3.63, 3.8) is 0 Å². The van der Waals surface area contributed by atoms with Crippen LogP contribution in [0.2, 0.25) is 0 Å². The molecule has 0 saturated carbocycles. The normalized spacial score (nSPS) is 10.2. The van der Waals surface area contributed by atoms with Gasteiger partial charge in [-0.15, -0.1) is 0 Å². The van der Waals surface area contributed by atoms with E-state index in [1.807, 2.05) is 19.1 Å². The second-order valence-corrected chi connectivity index (χ2v) is 5.50. The number of carbonyl (C=O) groups excluding carboxylic acids is 1. The molecule has 0 aliphatic heterocycles. The van der Waals surface area contributed by atoms with Crippen molar-refractivity contribution in [2.75, 3.05) is 10.6 Å². The number of hydrogen-bond acceptors (Lipinski definition) is 6. The van der Waals surface area contributed by atoms with Gasteiger partial charge in [-0.05, 0) is 31.2 Å². The Morgan fingerprint density at radius 1 is 1.04 bits per heavy atom. The summed E-state index contributed by atoms with van der Waals surface area (Å²) in [5, 5.41) is 16.7. The second kappa shape index (κ2) is 7.39. The quantitative estimate of drug-likeness (QED) is 0.537. The van der Waals surface area contributed by atoms with Crippen LogP contribution in [0.25, 0.3) is 0 Å². The highest BCUT2D eigenvalue weighted by Gasteiger charge is 2.12. The van der Waals surface area contributed by atoms with Gasteiger partial charge in [0.05, 0.1) is 4.92 Å². The molecular weight excluding hydrogens is 334 g/mol. The molecule has 0 saturated heterocycles. The molecule has 130 valence electrons. The zero-order valence-electron chi connectivity index (χ0n) is 13.8. The number of anilines is 3. The molecule has 2 N–H and O–H groups in total. The van der Waals surface area contributed by atoms with E-state index >= 15 is 0 Å². The Morgan fingerprint density at radius 2 is 1.77 bits per heavy atom. The Labute approximate surface area is 149 Å². The van der Waals surface area contributed by atoms with E-state index in [1.165, 1.54) is 24.3 Å². The van der Waals surface area contributed by atoms with E-state index in [0.29, 0.717) is 5.82 Å². The molecule has 0 radical (unpaired) electrons. The van der Waals surface area contributed by atoms with Gasteiger partial charge in [-0.25, -0.2) is 4.98 Å². The molecule has 8 heteroatoms. The molecule has 0 aliphatic rings. The van der Waals surface area contributed by atoms with Crippen LogP contribution in [-0.4, -0.2) is 20.8 Å². The van der Waals surface area contributed by atoms with Crippen LogP contribution in [0.5, 0.6) is 0 Å². The van der Waals surface area contributed by atoms with Crippen LogP contribution in [0.1, 0.15) is 16.1 Å². The van der Waals surface area contributed by atoms with Gasteiger partial charge in [0.15, 0.2) is 0 Å². The third-order valence-electron chi connectivity index (χ3n) is 3.51. The van der Waals surface area contributed by atoms with E-state index in [1.54, 1.807) is 24.5 Å².